The first kappa shape index (κ1) is 20.0. The van der Waals surface area contributed by atoms with E-state index in [1.165, 1.54) is 14.2 Å². The Morgan fingerprint density at radius 3 is 2.71 bits per heavy atom. The smallest absolute Gasteiger partial charge is 0.345 e. The number of amides is 2. The van der Waals surface area contributed by atoms with Gasteiger partial charge in [0.2, 0.25) is 5.79 Å². The molecule has 150 valence electrons. The van der Waals surface area contributed by atoms with E-state index in [9.17, 15) is 4.79 Å². The number of fused-ring (bicyclic) bond motifs is 1. The van der Waals surface area contributed by atoms with Crippen molar-refractivity contribution >= 4 is 11.7 Å². The molecule has 1 aromatic carbocycles. The molecule has 0 aromatic heterocycles. The molecule has 1 N–H and O–H groups in total. The van der Waals surface area contributed by atoms with Crippen LogP contribution in [-0.2, 0) is 14.3 Å². The monoisotopic (exact) mass is 386 g/mol. The minimum Gasteiger partial charge on any atom is -0.462 e. The number of allylic oxidation sites excluding steroid dienone is 3. The first-order valence-corrected chi connectivity index (χ1v) is 9.23. The van der Waals surface area contributed by atoms with Crippen molar-refractivity contribution in [1.29, 1.82) is 0 Å². The third kappa shape index (κ3) is 4.74. The van der Waals surface area contributed by atoms with Gasteiger partial charge in [-0.1, -0.05) is 6.08 Å². The molecule has 1 atom stereocenters. The molecule has 0 bridgehead atoms. The molecule has 0 fully saturated rings. The van der Waals surface area contributed by atoms with Crippen LogP contribution in [0.15, 0.2) is 59.6 Å². The molecule has 2 aliphatic rings. The Kier molecular flexibility index (Phi) is 6.06. The zero-order chi connectivity index (χ0) is 20.1. The molecule has 7 nitrogen and oxygen atoms in total. The van der Waals surface area contributed by atoms with Gasteiger partial charge in [0, 0.05) is 38.8 Å². The predicted octanol–water partition coefficient (Wildman–Crippen LogP) is 4.36. The van der Waals surface area contributed by atoms with E-state index >= 15 is 0 Å². The molecular weight excluding hydrogens is 360 g/mol. The fourth-order valence-corrected chi connectivity index (χ4v) is 2.95. The number of ether oxygens (including phenoxy) is 3. The Bertz CT molecular complexity index is 813. The molecule has 0 radical (unpaired) electrons. The van der Waals surface area contributed by atoms with Crippen LogP contribution >= 0.6 is 0 Å². The average molecular weight is 386 g/mol. The van der Waals surface area contributed by atoms with Crippen LogP contribution in [0.2, 0.25) is 0 Å². The van der Waals surface area contributed by atoms with Crippen LogP contribution in [0.4, 0.5) is 10.5 Å². The zero-order valence-electron chi connectivity index (χ0n) is 16.7. The van der Waals surface area contributed by atoms with Crippen LogP contribution in [0.1, 0.15) is 26.7 Å². The second-order valence-electron chi connectivity index (χ2n) is 6.66. The van der Waals surface area contributed by atoms with Crippen molar-refractivity contribution in [3.05, 3.63) is 59.6 Å². The molecule has 0 saturated heterocycles. The molecule has 0 spiro atoms. The molecule has 1 aliphatic carbocycles. The molecule has 1 heterocycles. The zero-order valence-corrected chi connectivity index (χ0v) is 16.7. The van der Waals surface area contributed by atoms with Gasteiger partial charge in [-0.15, -0.1) is 0 Å². The topological polar surface area (TPSA) is 69.3 Å². The highest BCUT2D eigenvalue weighted by molar-refractivity contribution is 5.88. The number of carbonyl (C=O) groups excluding carboxylic acids is 1. The van der Waals surface area contributed by atoms with Gasteiger partial charge in [-0.05, 0) is 49.3 Å². The van der Waals surface area contributed by atoms with Crippen molar-refractivity contribution in [2.75, 3.05) is 26.1 Å². The van der Waals surface area contributed by atoms with Crippen LogP contribution in [0, 0.1) is 0 Å². The summed E-state index contributed by atoms with van der Waals surface area (Å²) >= 11 is 0. The van der Waals surface area contributed by atoms with Gasteiger partial charge in [-0.25, -0.2) is 9.86 Å². The maximum Gasteiger partial charge on any atom is 0.345 e. The summed E-state index contributed by atoms with van der Waals surface area (Å²) in [7, 11) is 2.96. The molecule has 3 rings (SSSR count). The van der Waals surface area contributed by atoms with E-state index in [1.54, 1.807) is 24.3 Å². The van der Waals surface area contributed by atoms with E-state index in [4.69, 9.17) is 19.0 Å². The van der Waals surface area contributed by atoms with Crippen molar-refractivity contribution in [3.63, 3.8) is 0 Å². The van der Waals surface area contributed by atoms with E-state index in [2.05, 4.69) is 11.4 Å². The highest BCUT2D eigenvalue weighted by atomic mass is 16.7. The van der Waals surface area contributed by atoms with Gasteiger partial charge in [0.1, 0.15) is 17.3 Å². The SMILES string of the molecule is CCOC1(C)CC=C2CC=C(Oc3ccc(NC(=O)N(C)OC)cc3)C=C2O1. The number of carbonyl (C=O) groups is 1. The average Bonchev–Trinajstić information content (AvgIpc) is 2.68. The number of rotatable bonds is 6. The summed E-state index contributed by atoms with van der Waals surface area (Å²) in [6.07, 6.45) is 7.54. The summed E-state index contributed by atoms with van der Waals surface area (Å²) in [5.74, 6) is 1.52. The Morgan fingerprint density at radius 2 is 2.04 bits per heavy atom. The minimum atomic E-state index is -0.637. The lowest BCUT2D eigenvalue weighted by Crippen LogP contribution is -2.34. The lowest BCUT2D eigenvalue weighted by molar-refractivity contribution is -0.200. The summed E-state index contributed by atoms with van der Waals surface area (Å²) in [6, 6.07) is 6.75. The number of hydrogen-bond acceptors (Lipinski definition) is 5. The summed E-state index contributed by atoms with van der Waals surface area (Å²) in [5.41, 5.74) is 1.79. The lowest BCUT2D eigenvalue weighted by atomic mass is 9.98. The quantitative estimate of drug-likeness (QED) is 0.736. The molecule has 1 aliphatic heterocycles. The van der Waals surface area contributed by atoms with Crippen LogP contribution < -0.4 is 10.1 Å². The maximum atomic E-state index is 11.8. The highest BCUT2D eigenvalue weighted by Crippen LogP contribution is 2.36. The molecule has 1 unspecified atom stereocenters. The third-order valence-corrected chi connectivity index (χ3v) is 4.51. The van der Waals surface area contributed by atoms with E-state index in [1.807, 2.05) is 26.0 Å². The molecule has 2 amide bonds. The predicted molar refractivity (Wildman–Crippen MR) is 105 cm³/mol. The second kappa shape index (κ2) is 8.50. The number of anilines is 1. The van der Waals surface area contributed by atoms with Gasteiger partial charge in [0.15, 0.2) is 0 Å². The van der Waals surface area contributed by atoms with Crippen molar-refractivity contribution < 1.29 is 23.8 Å². The van der Waals surface area contributed by atoms with Crippen molar-refractivity contribution in [1.82, 2.24) is 5.06 Å². The first-order chi connectivity index (χ1) is 13.4. The second-order valence-corrected chi connectivity index (χ2v) is 6.66. The highest BCUT2D eigenvalue weighted by Gasteiger charge is 2.32. The summed E-state index contributed by atoms with van der Waals surface area (Å²) in [5, 5.41) is 3.83. The number of nitrogens with zero attached hydrogens (tertiary/aromatic N) is 1. The number of urea groups is 1. The Labute approximate surface area is 165 Å². The molecular formula is C21H26N2O5. The largest absolute Gasteiger partial charge is 0.462 e. The van der Waals surface area contributed by atoms with Crippen LogP contribution in [0.5, 0.6) is 5.75 Å². The van der Waals surface area contributed by atoms with E-state index in [0.29, 0.717) is 23.8 Å². The maximum absolute atomic E-state index is 11.8. The number of hydrogen-bond donors (Lipinski definition) is 1. The van der Waals surface area contributed by atoms with Gasteiger partial charge in [0.05, 0.1) is 7.11 Å². The van der Waals surface area contributed by atoms with Gasteiger partial charge < -0.3 is 19.5 Å². The standard InChI is InChI=1S/C21H26N2O5/c1-5-26-21(2)13-12-15-6-9-18(14-19(15)28-21)27-17-10-7-16(8-11-17)22-20(24)23(3)25-4/h7-12,14H,5-6,13H2,1-4H3,(H,22,24). The summed E-state index contributed by atoms with van der Waals surface area (Å²) in [6.45, 7) is 4.49. The molecule has 1 aromatic rings. The number of benzene rings is 1. The summed E-state index contributed by atoms with van der Waals surface area (Å²) in [4.78, 5) is 16.6. The van der Waals surface area contributed by atoms with E-state index in [0.717, 1.165) is 29.2 Å². The third-order valence-electron chi connectivity index (χ3n) is 4.51. The van der Waals surface area contributed by atoms with Crippen LogP contribution in [0.3, 0.4) is 0 Å². The van der Waals surface area contributed by atoms with Crippen molar-refractivity contribution in [3.8, 4) is 5.75 Å². The van der Waals surface area contributed by atoms with E-state index < -0.39 is 5.79 Å². The molecule has 0 saturated carbocycles. The lowest BCUT2D eigenvalue weighted by Gasteiger charge is -2.35. The fourth-order valence-electron chi connectivity index (χ4n) is 2.95. The van der Waals surface area contributed by atoms with Crippen molar-refractivity contribution in [2.45, 2.75) is 32.5 Å². The Morgan fingerprint density at radius 1 is 1.29 bits per heavy atom. The van der Waals surface area contributed by atoms with Gasteiger partial charge in [-0.3, -0.25) is 4.84 Å². The first-order valence-electron chi connectivity index (χ1n) is 9.23. The molecule has 28 heavy (non-hydrogen) atoms. The normalized spacial score (nSPS) is 20.8. The number of nitrogens with one attached hydrogen (secondary N) is 1. The van der Waals surface area contributed by atoms with Crippen LogP contribution in [-0.4, -0.2) is 37.6 Å². The number of hydroxylamine groups is 2. The van der Waals surface area contributed by atoms with Gasteiger partial charge in [0.25, 0.3) is 0 Å². The minimum absolute atomic E-state index is 0.359. The fraction of sp³-hybridized carbons (Fsp3) is 0.381. The summed E-state index contributed by atoms with van der Waals surface area (Å²) < 4.78 is 17.7. The van der Waals surface area contributed by atoms with Gasteiger partial charge in [-0.2, -0.15) is 0 Å². The van der Waals surface area contributed by atoms with Gasteiger partial charge >= 0.3 is 6.03 Å². The Balaban J connectivity index is 1.64. The van der Waals surface area contributed by atoms with Crippen LogP contribution in [0.25, 0.3) is 0 Å². The van der Waals surface area contributed by atoms with Crippen molar-refractivity contribution in [2.24, 2.45) is 0 Å². The Hall–Kier alpha value is -2.77. The van der Waals surface area contributed by atoms with E-state index in [-0.39, 0.29) is 6.03 Å². The molecule has 7 heteroatoms.